The molecule has 0 saturated heterocycles. The Bertz CT molecular complexity index is 983. The monoisotopic (exact) mass is 382 g/mol. The fraction of sp³-hybridized carbons (Fsp3) is 0.143. The van der Waals surface area contributed by atoms with Crippen LogP contribution in [-0.4, -0.2) is 18.4 Å². The number of aryl methyl sites for hydroxylation is 1. The van der Waals surface area contributed by atoms with Crippen molar-refractivity contribution in [3.8, 4) is 0 Å². The van der Waals surface area contributed by atoms with Crippen LogP contribution in [0.2, 0.25) is 5.02 Å². The number of fused-ring (bicyclic) bond motifs is 1. The topological polar surface area (TPSA) is 67.4 Å². The molecule has 138 valence electrons. The lowest BCUT2D eigenvalue weighted by molar-refractivity contribution is -0.136. The van der Waals surface area contributed by atoms with Gasteiger partial charge in [-0.2, -0.15) is 0 Å². The molecule has 0 fully saturated rings. The van der Waals surface area contributed by atoms with E-state index < -0.39 is 5.91 Å². The summed E-state index contributed by atoms with van der Waals surface area (Å²) in [6.07, 6.45) is 0.159. The van der Waals surface area contributed by atoms with Crippen LogP contribution < -0.4 is 10.8 Å². The Hall–Kier alpha value is -2.89. The van der Waals surface area contributed by atoms with Gasteiger partial charge in [-0.05, 0) is 41.0 Å². The van der Waals surface area contributed by atoms with E-state index in [0.29, 0.717) is 10.7 Å². The highest BCUT2D eigenvalue weighted by molar-refractivity contribution is 6.33. The van der Waals surface area contributed by atoms with Crippen LogP contribution in [0.1, 0.15) is 11.1 Å². The lowest BCUT2D eigenvalue weighted by Crippen LogP contribution is -2.30. The Balaban J connectivity index is 1.50. The number of hydrogen-bond acceptors (Lipinski definition) is 3. The Kier molecular flexibility index (Phi) is 6.06. The summed E-state index contributed by atoms with van der Waals surface area (Å²) < 4.78 is 0. The maximum atomic E-state index is 12.1. The summed E-state index contributed by atoms with van der Waals surface area (Å²) in [7, 11) is 0. The van der Waals surface area contributed by atoms with Crippen molar-refractivity contribution >= 4 is 39.9 Å². The largest absolute Gasteiger partial charge is 0.323 e. The Morgan fingerprint density at radius 3 is 2.59 bits per heavy atom. The van der Waals surface area contributed by atoms with Crippen molar-refractivity contribution in [1.82, 2.24) is 5.48 Å². The van der Waals surface area contributed by atoms with Crippen LogP contribution in [0.3, 0.4) is 0 Å². The third-order valence-corrected chi connectivity index (χ3v) is 4.33. The molecular weight excluding hydrogens is 364 g/mol. The summed E-state index contributed by atoms with van der Waals surface area (Å²) in [5.74, 6) is -0.737. The number of hydrogen-bond donors (Lipinski definition) is 2. The second-order valence-electron chi connectivity index (χ2n) is 6.16. The van der Waals surface area contributed by atoms with Gasteiger partial charge in [0.05, 0.1) is 17.1 Å². The third-order valence-electron chi connectivity index (χ3n) is 4.02. The average molecular weight is 383 g/mol. The average Bonchev–Trinajstić information content (AvgIpc) is 2.64. The zero-order valence-electron chi connectivity index (χ0n) is 14.8. The minimum atomic E-state index is -0.411. The maximum Gasteiger partial charge on any atom is 0.253 e. The third kappa shape index (κ3) is 5.06. The Morgan fingerprint density at radius 1 is 1.00 bits per heavy atom. The van der Waals surface area contributed by atoms with E-state index in [4.69, 9.17) is 16.4 Å². The first-order valence-electron chi connectivity index (χ1n) is 8.46. The van der Waals surface area contributed by atoms with Gasteiger partial charge >= 0.3 is 0 Å². The molecule has 0 spiro atoms. The molecular formula is C21H19ClN2O3. The molecule has 0 bridgehead atoms. The Morgan fingerprint density at radius 2 is 1.78 bits per heavy atom. The Labute approximate surface area is 162 Å². The number of benzene rings is 3. The molecule has 0 aliphatic heterocycles. The molecule has 0 unspecified atom stereocenters. The van der Waals surface area contributed by atoms with Gasteiger partial charge in [0.15, 0.2) is 6.61 Å². The number of amides is 2. The predicted octanol–water partition coefficient (Wildman–Crippen LogP) is 4.03. The number of carbonyl (C=O) groups excluding carboxylic acids is 2. The molecule has 0 atom stereocenters. The molecule has 0 aromatic heterocycles. The molecule has 0 aliphatic rings. The molecule has 0 aliphatic carbocycles. The van der Waals surface area contributed by atoms with Gasteiger partial charge in [-0.1, -0.05) is 60.1 Å². The maximum absolute atomic E-state index is 12.1. The summed E-state index contributed by atoms with van der Waals surface area (Å²) in [5, 5.41) is 5.17. The van der Waals surface area contributed by atoms with E-state index in [1.54, 1.807) is 12.1 Å². The summed E-state index contributed by atoms with van der Waals surface area (Å²) in [4.78, 5) is 29.0. The molecule has 0 radical (unpaired) electrons. The zero-order valence-corrected chi connectivity index (χ0v) is 15.5. The molecule has 3 aromatic carbocycles. The predicted molar refractivity (Wildman–Crippen MR) is 107 cm³/mol. The van der Waals surface area contributed by atoms with Gasteiger partial charge in [0, 0.05) is 0 Å². The van der Waals surface area contributed by atoms with E-state index in [-0.39, 0.29) is 18.9 Å². The van der Waals surface area contributed by atoms with Crippen molar-refractivity contribution in [2.24, 2.45) is 0 Å². The van der Waals surface area contributed by atoms with Crippen molar-refractivity contribution in [1.29, 1.82) is 0 Å². The van der Waals surface area contributed by atoms with Crippen molar-refractivity contribution < 1.29 is 14.4 Å². The molecule has 2 amide bonds. The number of anilines is 1. The van der Waals surface area contributed by atoms with Crippen molar-refractivity contribution in [2.75, 3.05) is 11.9 Å². The first kappa shape index (κ1) is 18.9. The number of carbonyl (C=O) groups is 2. The number of rotatable bonds is 6. The smallest absolute Gasteiger partial charge is 0.253 e. The first-order valence-corrected chi connectivity index (χ1v) is 8.84. The highest BCUT2D eigenvalue weighted by atomic mass is 35.5. The van der Waals surface area contributed by atoms with E-state index in [2.05, 4.69) is 10.8 Å². The standard InChI is InChI=1S/C21H19ClN2O3/c1-14-9-10-19(18(22)11-14)23-21(26)13-27-24-20(25)12-16-7-4-6-15-5-2-3-8-17(15)16/h2-11H,12-13H2,1H3,(H,23,26)(H,24,25). The van der Waals surface area contributed by atoms with Crippen LogP contribution in [0, 0.1) is 6.92 Å². The fourth-order valence-corrected chi connectivity index (χ4v) is 3.03. The molecule has 6 heteroatoms. The van der Waals surface area contributed by atoms with Crippen molar-refractivity contribution in [2.45, 2.75) is 13.3 Å². The SMILES string of the molecule is Cc1ccc(NC(=O)CONC(=O)Cc2cccc3ccccc23)c(Cl)c1. The van der Waals surface area contributed by atoms with Gasteiger partial charge in [0.2, 0.25) is 5.91 Å². The van der Waals surface area contributed by atoms with E-state index in [1.807, 2.05) is 55.5 Å². The van der Waals surface area contributed by atoms with Gasteiger partial charge in [-0.25, -0.2) is 5.48 Å². The minimum absolute atomic E-state index is 0.159. The lowest BCUT2D eigenvalue weighted by Gasteiger charge is -2.10. The number of nitrogens with one attached hydrogen (secondary N) is 2. The quantitative estimate of drug-likeness (QED) is 0.632. The van der Waals surface area contributed by atoms with Gasteiger partial charge < -0.3 is 5.32 Å². The lowest BCUT2D eigenvalue weighted by atomic mass is 10.0. The summed E-state index contributed by atoms with van der Waals surface area (Å²) in [6.45, 7) is 1.59. The van der Waals surface area contributed by atoms with Crippen LogP contribution in [0.25, 0.3) is 10.8 Å². The molecule has 2 N–H and O–H groups in total. The molecule has 27 heavy (non-hydrogen) atoms. The van der Waals surface area contributed by atoms with Gasteiger partial charge in [0.1, 0.15) is 0 Å². The molecule has 5 nitrogen and oxygen atoms in total. The summed E-state index contributed by atoms with van der Waals surface area (Å²) in [5.41, 5.74) is 4.69. The van der Waals surface area contributed by atoms with Crippen molar-refractivity contribution in [3.05, 3.63) is 76.8 Å². The number of hydroxylamine groups is 1. The molecule has 0 saturated carbocycles. The van der Waals surface area contributed by atoms with Crippen LogP contribution in [0.5, 0.6) is 0 Å². The van der Waals surface area contributed by atoms with E-state index in [0.717, 1.165) is 21.9 Å². The van der Waals surface area contributed by atoms with E-state index in [1.165, 1.54) is 0 Å². The van der Waals surface area contributed by atoms with E-state index >= 15 is 0 Å². The molecule has 0 heterocycles. The zero-order chi connectivity index (χ0) is 19.2. The van der Waals surface area contributed by atoms with Crippen LogP contribution in [-0.2, 0) is 20.8 Å². The molecule has 3 rings (SSSR count). The minimum Gasteiger partial charge on any atom is -0.323 e. The van der Waals surface area contributed by atoms with Crippen LogP contribution >= 0.6 is 11.6 Å². The molecule has 3 aromatic rings. The summed E-state index contributed by atoms with van der Waals surface area (Å²) >= 11 is 6.07. The second kappa shape index (κ2) is 8.66. The van der Waals surface area contributed by atoms with Gasteiger partial charge in [0.25, 0.3) is 5.91 Å². The van der Waals surface area contributed by atoms with Crippen LogP contribution in [0.4, 0.5) is 5.69 Å². The highest BCUT2D eigenvalue weighted by Crippen LogP contribution is 2.22. The normalized spacial score (nSPS) is 10.6. The second-order valence-corrected chi connectivity index (χ2v) is 6.57. The first-order chi connectivity index (χ1) is 13.0. The van der Waals surface area contributed by atoms with Crippen molar-refractivity contribution in [3.63, 3.8) is 0 Å². The van der Waals surface area contributed by atoms with E-state index in [9.17, 15) is 9.59 Å². The van der Waals surface area contributed by atoms with Gasteiger partial charge in [-0.15, -0.1) is 0 Å². The number of halogens is 1. The van der Waals surface area contributed by atoms with Crippen LogP contribution in [0.15, 0.2) is 60.7 Å². The highest BCUT2D eigenvalue weighted by Gasteiger charge is 2.10. The summed E-state index contributed by atoms with van der Waals surface area (Å²) in [6, 6.07) is 19.0. The fourth-order valence-electron chi connectivity index (χ4n) is 2.75. The van der Waals surface area contributed by atoms with Gasteiger partial charge in [-0.3, -0.25) is 14.4 Å².